The second-order valence-corrected chi connectivity index (χ2v) is 5.01. The number of nitrogens with zero attached hydrogens (tertiary/aromatic N) is 2. The van der Waals surface area contributed by atoms with Crippen LogP contribution in [-0.2, 0) is 13.6 Å². The number of aryl methyl sites for hydroxylation is 1. The molecule has 0 aliphatic carbocycles. The summed E-state index contributed by atoms with van der Waals surface area (Å²) in [4.78, 5) is 12.4. The Bertz CT molecular complexity index is 839. The Labute approximate surface area is 122 Å². The molecule has 0 spiro atoms. The van der Waals surface area contributed by atoms with Gasteiger partial charge in [-0.2, -0.15) is 13.9 Å². The average Bonchev–Trinajstić information content (AvgIpc) is 2.53. The quantitative estimate of drug-likeness (QED) is 0.687. The SMILES string of the molecule is COc1ccc2c(c1)c[n+](Cc1ccccc1)c(=O)n2C. The second-order valence-electron chi connectivity index (χ2n) is 5.01. The fourth-order valence-electron chi connectivity index (χ4n) is 2.48. The summed E-state index contributed by atoms with van der Waals surface area (Å²) in [5.41, 5.74) is 1.96. The number of methoxy groups -OCH3 is 1. The number of ether oxygens (including phenoxy) is 1. The number of hydrogen-bond acceptors (Lipinski definition) is 2. The number of aromatic nitrogens is 2. The molecule has 0 atom stereocenters. The van der Waals surface area contributed by atoms with Crippen LogP contribution in [0.5, 0.6) is 5.75 Å². The van der Waals surface area contributed by atoms with E-state index in [2.05, 4.69) is 0 Å². The fraction of sp³-hybridized carbons (Fsp3) is 0.176. The molecule has 0 bridgehead atoms. The molecule has 1 aromatic heterocycles. The van der Waals surface area contributed by atoms with Crippen LogP contribution in [0.4, 0.5) is 0 Å². The van der Waals surface area contributed by atoms with E-state index < -0.39 is 0 Å². The lowest BCUT2D eigenvalue weighted by Gasteiger charge is -2.06. The Kier molecular flexibility index (Phi) is 3.44. The molecule has 3 aromatic rings. The van der Waals surface area contributed by atoms with Gasteiger partial charge in [0.15, 0.2) is 0 Å². The highest BCUT2D eigenvalue weighted by Crippen LogP contribution is 2.17. The summed E-state index contributed by atoms with van der Waals surface area (Å²) in [6.07, 6.45) is 1.88. The Hall–Kier alpha value is -2.62. The van der Waals surface area contributed by atoms with E-state index >= 15 is 0 Å². The van der Waals surface area contributed by atoms with Crippen molar-refractivity contribution in [2.45, 2.75) is 6.54 Å². The third-order valence-corrected chi connectivity index (χ3v) is 3.62. The van der Waals surface area contributed by atoms with Crippen molar-refractivity contribution >= 4 is 10.9 Å². The lowest BCUT2D eigenvalue weighted by molar-refractivity contribution is -0.705. The normalized spacial score (nSPS) is 10.8. The van der Waals surface area contributed by atoms with Gasteiger partial charge in [0, 0.05) is 0 Å². The van der Waals surface area contributed by atoms with Crippen LogP contribution in [0, 0.1) is 0 Å². The van der Waals surface area contributed by atoms with Crippen molar-refractivity contribution in [2.24, 2.45) is 7.05 Å². The second kappa shape index (κ2) is 5.40. The van der Waals surface area contributed by atoms with E-state index in [9.17, 15) is 4.79 Å². The number of hydrogen-bond donors (Lipinski definition) is 0. The molecule has 3 rings (SSSR count). The highest BCUT2D eigenvalue weighted by molar-refractivity contribution is 5.78. The minimum absolute atomic E-state index is 0.0310. The lowest BCUT2D eigenvalue weighted by atomic mass is 10.2. The predicted octanol–water partition coefficient (Wildman–Crippen LogP) is 1.88. The van der Waals surface area contributed by atoms with E-state index in [0.717, 1.165) is 22.2 Å². The topological polar surface area (TPSA) is 35.1 Å². The molecule has 4 nitrogen and oxygen atoms in total. The first-order valence-electron chi connectivity index (χ1n) is 6.80. The molecule has 0 saturated heterocycles. The largest absolute Gasteiger partial charge is 0.498 e. The molecular formula is C17H17N2O2+. The van der Waals surface area contributed by atoms with Crippen LogP contribution in [0.15, 0.2) is 59.5 Å². The Balaban J connectivity index is 2.14. The van der Waals surface area contributed by atoms with Gasteiger partial charge >= 0.3 is 5.69 Å². The van der Waals surface area contributed by atoms with Crippen LogP contribution in [0.1, 0.15) is 5.56 Å². The fourth-order valence-corrected chi connectivity index (χ4v) is 2.48. The lowest BCUT2D eigenvalue weighted by Crippen LogP contribution is -2.53. The van der Waals surface area contributed by atoms with Crippen LogP contribution < -0.4 is 15.0 Å². The van der Waals surface area contributed by atoms with Crippen molar-refractivity contribution in [1.82, 2.24) is 4.57 Å². The molecule has 21 heavy (non-hydrogen) atoms. The molecule has 0 amide bonds. The number of rotatable bonds is 3. The summed E-state index contributed by atoms with van der Waals surface area (Å²) in [5.74, 6) is 0.785. The smallest absolute Gasteiger partial charge is 0.497 e. The van der Waals surface area contributed by atoms with E-state index in [1.54, 1.807) is 23.3 Å². The molecule has 4 heteroatoms. The predicted molar refractivity (Wildman–Crippen MR) is 81.5 cm³/mol. The minimum Gasteiger partial charge on any atom is -0.497 e. The Morgan fingerprint density at radius 3 is 2.62 bits per heavy atom. The van der Waals surface area contributed by atoms with Gasteiger partial charge in [-0.1, -0.05) is 30.3 Å². The molecule has 0 fully saturated rings. The summed E-state index contributed by atoms with van der Waals surface area (Å²) < 4.78 is 8.64. The van der Waals surface area contributed by atoms with Crippen LogP contribution in [0.2, 0.25) is 0 Å². The van der Waals surface area contributed by atoms with Gasteiger partial charge in [0.1, 0.15) is 24.0 Å². The van der Waals surface area contributed by atoms with E-state index in [1.165, 1.54) is 0 Å². The molecule has 0 radical (unpaired) electrons. The number of fused-ring (bicyclic) bond motifs is 1. The van der Waals surface area contributed by atoms with Gasteiger partial charge in [-0.25, -0.2) is 0 Å². The van der Waals surface area contributed by atoms with Gasteiger partial charge in [0.05, 0.1) is 19.5 Å². The van der Waals surface area contributed by atoms with Gasteiger partial charge in [-0.05, 0) is 23.8 Å². The standard InChI is InChI=1S/C17H17N2O2/c1-18-16-9-8-15(21-2)10-14(16)12-19(17(18)20)11-13-6-4-3-5-7-13/h3-10,12H,11H2,1-2H3/q+1. The highest BCUT2D eigenvalue weighted by Gasteiger charge is 2.14. The zero-order valence-electron chi connectivity index (χ0n) is 12.1. The molecule has 0 unspecified atom stereocenters. The minimum atomic E-state index is -0.0310. The van der Waals surface area contributed by atoms with E-state index in [1.807, 2.05) is 54.7 Å². The van der Waals surface area contributed by atoms with Crippen LogP contribution in [0.25, 0.3) is 10.9 Å². The van der Waals surface area contributed by atoms with Crippen molar-refractivity contribution in [2.75, 3.05) is 7.11 Å². The zero-order chi connectivity index (χ0) is 14.8. The molecule has 1 heterocycles. The monoisotopic (exact) mass is 281 g/mol. The first-order chi connectivity index (χ1) is 10.2. The highest BCUT2D eigenvalue weighted by atomic mass is 16.5. The summed E-state index contributed by atoms with van der Waals surface area (Å²) >= 11 is 0. The maximum absolute atomic E-state index is 12.4. The maximum atomic E-state index is 12.4. The molecule has 106 valence electrons. The Morgan fingerprint density at radius 2 is 1.90 bits per heavy atom. The van der Waals surface area contributed by atoms with Crippen LogP contribution >= 0.6 is 0 Å². The molecular weight excluding hydrogens is 264 g/mol. The molecule has 0 aliphatic heterocycles. The van der Waals surface area contributed by atoms with Gasteiger partial charge < -0.3 is 4.74 Å². The van der Waals surface area contributed by atoms with Crippen LogP contribution in [0.3, 0.4) is 0 Å². The summed E-state index contributed by atoms with van der Waals surface area (Å²) in [7, 11) is 3.43. The van der Waals surface area contributed by atoms with Crippen molar-refractivity contribution in [3.63, 3.8) is 0 Å². The van der Waals surface area contributed by atoms with E-state index in [0.29, 0.717) is 6.54 Å². The van der Waals surface area contributed by atoms with E-state index in [-0.39, 0.29) is 5.69 Å². The van der Waals surface area contributed by atoms with Crippen molar-refractivity contribution in [3.05, 3.63) is 70.8 Å². The van der Waals surface area contributed by atoms with Crippen molar-refractivity contribution < 1.29 is 9.30 Å². The van der Waals surface area contributed by atoms with Gasteiger partial charge in [-0.3, -0.25) is 0 Å². The first kappa shape index (κ1) is 13.4. The molecule has 0 aliphatic rings. The first-order valence-corrected chi connectivity index (χ1v) is 6.80. The molecule has 2 aromatic carbocycles. The third-order valence-electron chi connectivity index (χ3n) is 3.62. The third kappa shape index (κ3) is 2.52. The van der Waals surface area contributed by atoms with Gasteiger partial charge in [-0.15, -0.1) is 0 Å². The van der Waals surface area contributed by atoms with E-state index in [4.69, 9.17) is 4.74 Å². The van der Waals surface area contributed by atoms with Crippen molar-refractivity contribution in [3.8, 4) is 5.75 Å². The van der Waals surface area contributed by atoms with Crippen LogP contribution in [-0.4, -0.2) is 11.7 Å². The van der Waals surface area contributed by atoms with Crippen molar-refractivity contribution in [1.29, 1.82) is 0 Å². The van der Waals surface area contributed by atoms with Gasteiger partial charge in [0.25, 0.3) is 0 Å². The summed E-state index contributed by atoms with van der Waals surface area (Å²) in [6.45, 7) is 0.556. The molecule has 0 saturated carbocycles. The average molecular weight is 281 g/mol. The number of benzene rings is 2. The summed E-state index contributed by atoms with van der Waals surface area (Å²) in [5, 5.41) is 0.979. The zero-order valence-corrected chi connectivity index (χ0v) is 12.1. The van der Waals surface area contributed by atoms with Gasteiger partial charge in [0.2, 0.25) is 0 Å². The summed E-state index contributed by atoms with van der Waals surface area (Å²) in [6, 6.07) is 15.7. The Morgan fingerprint density at radius 1 is 1.14 bits per heavy atom. The molecule has 0 N–H and O–H groups in total. The maximum Gasteiger partial charge on any atom is 0.498 e.